The summed E-state index contributed by atoms with van der Waals surface area (Å²) in [6.07, 6.45) is 3.22. The third kappa shape index (κ3) is 4.23. The van der Waals surface area contributed by atoms with E-state index in [9.17, 15) is 4.39 Å². The molecule has 0 aliphatic carbocycles. The molecule has 0 radical (unpaired) electrons. The third-order valence-corrected chi connectivity index (χ3v) is 2.97. The largest absolute Gasteiger partial charge is 0.435 e. The first-order valence-electron chi connectivity index (χ1n) is 7.01. The second-order valence-electron chi connectivity index (χ2n) is 5.30. The molecule has 0 atom stereocenters. The molecule has 0 unspecified atom stereocenters. The van der Waals surface area contributed by atoms with Gasteiger partial charge in [0.25, 0.3) is 5.88 Å². The first kappa shape index (κ1) is 15.4. The van der Waals surface area contributed by atoms with Crippen LogP contribution in [0.3, 0.4) is 0 Å². The molecule has 1 N–H and O–H groups in total. The van der Waals surface area contributed by atoms with Gasteiger partial charge in [0.1, 0.15) is 0 Å². The summed E-state index contributed by atoms with van der Waals surface area (Å²) in [7, 11) is 0. The van der Waals surface area contributed by atoms with Gasteiger partial charge < -0.3 is 10.1 Å². The smallest absolute Gasteiger partial charge is 0.256 e. The molecule has 2 heterocycles. The summed E-state index contributed by atoms with van der Waals surface area (Å²) in [6, 6.07) is 5.15. The molecule has 2 aromatic heterocycles. The van der Waals surface area contributed by atoms with Gasteiger partial charge in [-0.2, -0.15) is 0 Å². The summed E-state index contributed by atoms with van der Waals surface area (Å²) in [4.78, 5) is 8.07. The molecular weight excluding hydrogens is 269 g/mol. The van der Waals surface area contributed by atoms with Crippen LogP contribution in [0.2, 0.25) is 0 Å². The van der Waals surface area contributed by atoms with Gasteiger partial charge in [-0.05, 0) is 37.6 Å². The van der Waals surface area contributed by atoms with Crippen LogP contribution in [0.5, 0.6) is 11.6 Å². The minimum absolute atomic E-state index is 0.0186. The highest BCUT2D eigenvalue weighted by Gasteiger charge is 2.12. The van der Waals surface area contributed by atoms with Crippen LogP contribution in [0.25, 0.3) is 0 Å². The number of hydrogen-bond donors (Lipinski definition) is 1. The van der Waals surface area contributed by atoms with Crippen LogP contribution < -0.4 is 10.1 Å². The van der Waals surface area contributed by atoms with Crippen molar-refractivity contribution in [3.8, 4) is 11.6 Å². The van der Waals surface area contributed by atoms with Gasteiger partial charge in [-0.1, -0.05) is 13.8 Å². The van der Waals surface area contributed by atoms with Crippen molar-refractivity contribution in [2.24, 2.45) is 5.92 Å². The lowest BCUT2D eigenvalue weighted by Gasteiger charge is -2.11. The van der Waals surface area contributed by atoms with E-state index < -0.39 is 5.82 Å². The van der Waals surface area contributed by atoms with Gasteiger partial charge in [0.2, 0.25) is 0 Å². The Hall–Kier alpha value is -2.01. The highest BCUT2D eigenvalue weighted by molar-refractivity contribution is 5.32. The first-order chi connectivity index (χ1) is 10.1. The molecule has 0 fully saturated rings. The summed E-state index contributed by atoms with van der Waals surface area (Å²) in [5, 5.41) is 3.21. The van der Waals surface area contributed by atoms with Crippen LogP contribution in [0.15, 0.2) is 30.6 Å². The number of pyridine rings is 2. The number of nitrogens with zero attached hydrogens (tertiary/aromatic N) is 2. The molecule has 0 amide bonds. The Balaban J connectivity index is 2.12. The third-order valence-electron chi connectivity index (χ3n) is 2.97. The number of halogens is 1. The molecule has 4 nitrogen and oxygen atoms in total. The molecule has 0 saturated heterocycles. The lowest BCUT2D eigenvalue weighted by atomic mass is 10.2. The topological polar surface area (TPSA) is 47.0 Å². The molecule has 0 aromatic carbocycles. The molecular formula is C16H20FN3O. The molecule has 0 saturated carbocycles. The summed E-state index contributed by atoms with van der Waals surface area (Å²) in [5.41, 5.74) is 1.24. The predicted molar refractivity (Wildman–Crippen MR) is 79.8 cm³/mol. The van der Waals surface area contributed by atoms with Crippen molar-refractivity contribution in [2.45, 2.75) is 27.3 Å². The molecule has 0 spiro atoms. The van der Waals surface area contributed by atoms with Crippen molar-refractivity contribution >= 4 is 0 Å². The normalized spacial score (nSPS) is 10.9. The maximum absolute atomic E-state index is 14.4. The van der Waals surface area contributed by atoms with Crippen LogP contribution >= 0.6 is 0 Å². The monoisotopic (exact) mass is 289 g/mol. The molecule has 0 aliphatic heterocycles. The van der Waals surface area contributed by atoms with Gasteiger partial charge in [-0.25, -0.2) is 9.37 Å². The Labute approximate surface area is 124 Å². The number of rotatable bonds is 6. The highest BCUT2D eigenvalue weighted by Crippen LogP contribution is 2.25. The minimum Gasteiger partial charge on any atom is -0.435 e. The SMILES string of the molecule is Cc1ncccc1Oc1nccc(CNCC(C)C)c1F. The molecule has 2 rings (SSSR count). The standard InChI is InChI=1S/C16H20FN3O/c1-11(2)9-18-10-13-6-8-20-16(15(13)17)21-14-5-4-7-19-12(14)3/h4-8,11,18H,9-10H2,1-3H3. The fourth-order valence-electron chi connectivity index (χ4n) is 1.85. The van der Waals surface area contributed by atoms with E-state index in [1.165, 1.54) is 0 Å². The molecule has 112 valence electrons. The number of nitrogens with one attached hydrogen (secondary N) is 1. The van der Waals surface area contributed by atoms with Crippen LogP contribution in [-0.2, 0) is 6.54 Å². The maximum Gasteiger partial charge on any atom is 0.256 e. The van der Waals surface area contributed by atoms with E-state index in [0.29, 0.717) is 29.5 Å². The number of ether oxygens (including phenoxy) is 1. The molecule has 0 aliphatic rings. The van der Waals surface area contributed by atoms with Gasteiger partial charge in [-0.3, -0.25) is 4.98 Å². The van der Waals surface area contributed by atoms with E-state index >= 15 is 0 Å². The van der Waals surface area contributed by atoms with Gasteiger partial charge in [0, 0.05) is 24.5 Å². The predicted octanol–water partition coefficient (Wildman–Crippen LogP) is 3.46. The summed E-state index contributed by atoms with van der Waals surface area (Å²) < 4.78 is 19.9. The van der Waals surface area contributed by atoms with E-state index in [-0.39, 0.29) is 5.88 Å². The van der Waals surface area contributed by atoms with Crippen LogP contribution in [0.1, 0.15) is 25.1 Å². The van der Waals surface area contributed by atoms with E-state index in [1.54, 1.807) is 37.5 Å². The summed E-state index contributed by atoms with van der Waals surface area (Å²) in [5.74, 6) is 0.576. The Morgan fingerprint density at radius 3 is 2.76 bits per heavy atom. The highest BCUT2D eigenvalue weighted by atomic mass is 19.1. The van der Waals surface area contributed by atoms with E-state index in [2.05, 4.69) is 29.1 Å². The summed E-state index contributed by atoms with van der Waals surface area (Å²) in [6.45, 7) is 7.31. The van der Waals surface area contributed by atoms with Gasteiger partial charge in [0.15, 0.2) is 11.6 Å². The van der Waals surface area contributed by atoms with Crippen LogP contribution in [-0.4, -0.2) is 16.5 Å². The van der Waals surface area contributed by atoms with E-state index in [1.807, 2.05) is 0 Å². The minimum atomic E-state index is -0.433. The lowest BCUT2D eigenvalue weighted by Crippen LogP contribution is -2.19. The van der Waals surface area contributed by atoms with Gasteiger partial charge in [-0.15, -0.1) is 0 Å². The molecule has 5 heteroatoms. The zero-order valence-electron chi connectivity index (χ0n) is 12.6. The molecule has 0 bridgehead atoms. The van der Waals surface area contributed by atoms with Gasteiger partial charge in [0.05, 0.1) is 5.69 Å². The lowest BCUT2D eigenvalue weighted by molar-refractivity contribution is 0.412. The summed E-state index contributed by atoms with van der Waals surface area (Å²) >= 11 is 0. The zero-order chi connectivity index (χ0) is 15.2. The van der Waals surface area contributed by atoms with Gasteiger partial charge >= 0.3 is 0 Å². The maximum atomic E-state index is 14.4. The Kier molecular flexibility index (Phi) is 5.22. The second kappa shape index (κ2) is 7.13. The van der Waals surface area contributed by atoms with Crippen molar-refractivity contribution in [3.05, 3.63) is 47.7 Å². The van der Waals surface area contributed by atoms with Crippen molar-refractivity contribution in [1.82, 2.24) is 15.3 Å². The number of aryl methyl sites for hydroxylation is 1. The second-order valence-corrected chi connectivity index (χ2v) is 5.30. The first-order valence-corrected chi connectivity index (χ1v) is 7.01. The van der Waals surface area contributed by atoms with Crippen LogP contribution in [0.4, 0.5) is 4.39 Å². The van der Waals surface area contributed by atoms with Crippen molar-refractivity contribution in [2.75, 3.05) is 6.54 Å². The zero-order valence-corrected chi connectivity index (χ0v) is 12.6. The van der Waals surface area contributed by atoms with E-state index in [0.717, 1.165) is 6.54 Å². The average molecular weight is 289 g/mol. The van der Waals surface area contributed by atoms with Crippen molar-refractivity contribution < 1.29 is 9.13 Å². The number of hydrogen-bond acceptors (Lipinski definition) is 4. The van der Waals surface area contributed by atoms with Crippen molar-refractivity contribution in [3.63, 3.8) is 0 Å². The average Bonchev–Trinajstić information content (AvgIpc) is 2.45. The Bertz CT molecular complexity index is 602. The van der Waals surface area contributed by atoms with Crippen molar-refractivity contribution in [1.29, 1.82) is 0 Å². The fraction of sp³-hybridized carbons (Fsp3) is 0.375. The van der Waals surface area contributed by atoms with E-state index in [4.69, 9.17) is 4.74 Å². The quantitative estimate of drug-likeness (QED) is 0.884. The Morgan fingerprint density at radius 1 is 1.24 bits per heavy atom. The Morgan fingerprint density at radius 2 is 2.05 bits per heavy atom. The number of aromatic nitrogens is 2. The fourth-order valence-corrected chi connectivity index (χ4v) is 1.85. The molecule has 21 heavy (non-hydrogen) atoms. The van der Waals surface area contributed by atoms with Crippen LogP contribution in [0, 0.1) is 18.7 Å². The molecule has 2 aromatic rings.